The van der Waals surface area contributed by atoms with E-state index in [1.54, 1.807) is 27.1 Å². The maximum absolute atomic E-state index is 12.1. The Morgan fingerprint density at radius 3 is 2.79 bits per heavy atom. The number of nitrogens with one attached hydrogen (secondary N) is 1. The Balaban J connectivity index is 1.79. The zero-order valence-corrected chi connectivity index (χ0v) is 14.0. The topological polar surface area (TPSA) is 84.7 Å². The molecule has 0 aliphatic carbocycles. The largest absolute Gasteiger partial charge is 0.497 e. The molecule has 0 bridgehead atoms. The first-order valence-electron chi connectivity index (χ1n) is 7.58. The Morgan fingerprint density at radius 2 is 2.12 bits per heavy atom. The molecule has 0 aliphatic heterocycles. The number of aromatic nitrogens is 1. The molecular weight excluding hydrogens is 310 g/mol. The zero-order valence-electron chi connectivity index (χ0n) is 14.0. The van der Waals surface area contributed by atoms with Gasteiger partial charge < -0.3 is 19.5 Å². The predicted molar refractivity (Wildman–Crippen MR) is 88.8 cm³/mol. The molecule has 2 amide bonds. The van der Waals surface area contributed by atoms with E-state index in [9.17, 15) is 9.59 Å². The van der Waals surface area contributed by atoms with Gasteiger partial charge in [0.05, 0.1) is 13.7 Å². The Bertz CT molecular complexity index is 711. The maximum Gasteiger partial charge on any atom is 0.245 e. The first-order chi connectivity index (χ1) is 11.5. The number of hydrogen-bond donors (Lipinski definition) is 1. The first kappa shape index (κ1) is 17.5. The van der Waals surface area contributed by atoms with Crippen molar-refractivity contribution in [2.24, 2.45) is 0 Å². The smallest absolute Gasteiger partial charge is 0.245 e. The molecule has 0 atom stereocenters. The average molecular weight is 331 g/mol. The van der Waals surface area contributed by atoms with Gasteiger partial charge in [-0.05, 0) is 31.0 Å². The molecule has 2 aromatic rings. The molecule has 0 aliphatic rings. The van der Waals surface area contributed by atoms with Gasteiger partial charge in [-0.1, -0.05) is 17.3 Å². The molecule has 0 fully saturated rings. The third-order valence-electron chi connectivity index (χ3n) is 3.46. The minimum atomic E-state index is -0.319. The summed E-state index contributed by atoms with van der Waals surface area (Å²) in [6, 6.07) is 9.19. The molecule has 1 aromatic carbocycles. The number of benzene rings is 1. The van der Waals surface area contributed by atoms with Gasteiger partial charge in [0.1, 0.15) is 11.5 Å². The predicted octanol–water partition coefficient (Wildman–Crippen LogP) is 2.02. The fourth-order valence-electron chi connectivity index (χ4n) is 2.18. The molecule has 0 saturated carbocycles. The molecule has 1 aromatic heterocycles. The van der Waals surface area contributed by atoms with Crippen molar-refractivity contribution in [1.82, 2.24) is 10.1 Å². The number of amides is 2. The molecule has 0 saturated heterocycles. The number of rotatable bonds is 7. The molecule has 7 heteroatoms. The zero-order chi connectivity index (χ0) is 17.5. The van der Waals surface area contributed by atoms with Crippen LogP contribution in [0.3, 0.4) is 0 Å². The lowest BCUT2D eigenvalue weighted by molar-refractivity contribution is -0.133. The number of carbonyl (C=O) groups is 2. The lowest BCUT2D eigenvalue weighted by Gasteiger charge is -2.16. The highest BCUT2D eigenvalue weighted by Crippen LogP contribution is 2.14. The highest BCUT2D eigenvalue weighted by Gasteiger charge is 2.14. The number of hydrogen-bond acceptors (Lipinski definition) is 5. The number of nitrogens with zero attached hydrogens (tertiary/aromatic N) is 2. The molecule has 0 radical (unpaired) electrons. The van der Waals surface area contributed by atoms with Crippen LogP contribution in [0.25, 0.3) is 0 Å². The van der Waals surface area contributed by atoms with E-state index in [0.29, 0.717) is 24.4 Å². The van der Waals surface area contributed by atoms with E-state index in [1.807, 2.05) is 24.3 Å². The molecule has 1 N–H and O–H groups in total. The second-order valence-corrected chi connectivity index (χ2v) is 5.47. The van der Waals surface area contributed by atoms with E-state index in [0.717, 1.165) is 11.3 Å². The number of anilines is 1. The monoisotopic (exact) mass is 331 g/mol. The van der Waals surface area contributed by atoms with Crippen LogP contribution in [0.4, 0.5) is 5.82 Å². The van der Waals surface area contributed by atoms with E-state index < -0.39 is 0 Å². The number of carbonyl (C=O) groups excluding carboxylic acids is 2. The Hall–Kier alpha value is -2.83. The summed E-state index contributed by atoms with van der Waals surface area (Å²) in [5.41, 5.74) is 1.01. The summed E-state index contributed by atoms with van der Waals surface area (Å²) in [5.74, 6) is 1.28. The highest BCUT2D eigenvalue weighted by atomic mass is 16.5. The van der Waals surface area contributed by atoms with Gasteiger partial charge >= 0.3 is 0 Å². The Morgan fingerprint density at radius 1 is 1.33 bits per heavy atom. The first-order valence-corrected chi connectivity index (χ1v) is 7.58. The van der Waals surface area contributed by atoms with Gasteiger partial charge in [-0.2, -0.15) is 0 Å². The fourth-order valence-corrected chi connectivity index (χ4v) is 2.18. The van der Waals surface area contributed by atoms with Crippen LogP contribution in [0.15, 0.2) is 34.9 Å². The standard InChI is InChI=1S/C17H21N3O4/c1-12-9-15(19-24-12)18-16(21)11-20(2)17(22)8-7-13-5-4-6-14(10-13)23-3/h4-6,9-10H,7-8,11H2,1-3H3,(H,18,19,21). The lowest BCUT2D eigenvalue weighted by Crippen LogP contribution is -2.35. The van der Waals surface area contributed by atoms with E-state index >= 15 is 0 Å². The quantitative estimate of drug-likeness (QED) is 0.839. The molecule has 0 unspecified atom stereocenters. The maximum atomic E-state index is 12.1. The van der Waals surface area contributed by atoms with E-state index in [1.165, 1.54) is 4.90 Å². The van der Waals surface area contributed by atoms with Gasteiger partial charge in [0.2, 0.25) is 11.8 Å². The molecule has 1 heterocycles. The van der Waals surface area contributed by atoms with Gasteiger partial charge in [0, 0.05) is 19.5 Å². The molecule has 2 rings (SSSR count). The van der Waals surface area contributed by atoms with Gasteiger partial charge in [0.25, 0.3) is 0 Å². The van der Waals surface area contributed by atoms with Crippen molar-refractivity contribution < 1.29 is 18.8 Å². The summed E-state index contributed by atoms with van der Waals surface area (Å²) in [4.78, 5) is 25.4. The summed E-state index contributed by atoms with van der Waals surface area (Å²) in [5, 5.41) is 6.26. The van der Waals surface area contributed by atoms with Crippen molar-refractivity contribution in [3.05, 3.63) is 41.7 Å². The van der Waals surface area contributed by atoms with E-state index in [2.05, 4.69) is 10.5 Å². The van der Waals surface area contributed by atoms with Crippen LogP contribution in [-0.2, 0) is 16.0 Å². The molecule has 0 spiro atoms. The number of methoxy groups -OCH3 is 1. The van der Waals surface area contributed by atoms with Crippen LogP contribution >= 0.6 is 0 Å². The third kappa shape index (κ3) is 5.12. The summed E-state index contributed by atoms with van der Waals surface area (Å²) in [7, 11) is 3.20. The van der Waals surface area contributed by atoms with Crippen LogP contribution in [0, 0.1) is 6.92 Å². The van der Waals surface area contributed by atoms with Crippen molar-refractivity contribution in [2.45, 2.75) is 19.8 Å². The van der Waals surface area contributed by atoms with Crippen molar-refractivity contribution in [2.75, 3.05) is 26.0 Å². The molecule has 128 valence electrons. The van der Waals surface area contributed by atoms with E-state index in [4.69, 9.17) is 9.26 Å². The average Bonchev–Trinajstić information content (AvgIpc) is 2.97. The summed E-state index contributed by atoms with van der Waals surface area (Å²) in [6.45, 7) is 1.69. The van der Waals surface area contributed by atoms with Crippen LogP contribution in [0.5, 0.6) is 5.75 Å². The van der Waals surface area contributed by atoms with Crippen molar-refractivity contribution in [1.29, 1.82) is 0 Å². The summed E-state index contributed by atoms with van der Waals surface area (Å²) in [6.07, 6.45) is 0.907. The van der Waals surface area contributed by atoms with Crippen molar-refractivity contribution in [3.63, 3.8) is 0 Å². The molecule has 24 heavy (non-hydrogen) atoms. The molecular formula is C17H21N3O4. The van der Waals surface area contributed by atoms with Crippen LogP contribution < -0.4 is 10.1 Å². The van der Waals surface area contributed by atoms with Crippen molar-refractivity contribution in [3.8, 4) is 5.75 Å². The molecule has 7 nitrogen and oxygen atoms in total. The summed E-state index contributed by atoms with van der Waals surface area (Å²) >= 11 is 0. The second kappa shape index (κ2) is 8.14. The SMILES string of the molecule is COc1cccc(CCC(=O)N(C)CC(=O)Nc2cc(C)on2)c1. The number of likely N-dealkylation sites (N-methyl/N-ethyl adjacent to an activating group) is 1. The van der Waals surface area contributed by atoms with Crippen LogP contribution in [-0.4, -0.2) is 42.6 Å². The Labute approximate surface area is 140 Å². The lowest BCUT2D eigenvalue weighted by atomic mass is 10.1. The normalized spacial score (nSPS) is 10.3. The van der Waals surface area contributed by atoms with Gasteiger partial charge in [0.15, 0.2) is 5.82 Å². The van der Waals surface area contributed by atoms with Gasteiger partial charge in [-0.3, -0.25) is 9.59 Å². The Kier molecular flexibility index (Phi) is 5.95. The van der Waals surface area contributed by atoms with Crippen LogP contribution in [0.2, 0.25) is 0 Å². The van der Waals surface area contributed by atoms with Crippen LogP contribution in [0.1, 0.15) is 17.7 Å². The van der Waals surface area contributed by atoms with Gasteiger partial charge in [-0.15, -0.1) is 0 Å². The number of aryl methyl sites for hydroxylation is 2. The minimum Gasteiger partial charge on any atom is -0.497 e. The van der Waals surface area contributed by atoms with Crippen molar-refractivity contribution >= 4 is 17.6 Å². The second-order valence-electron chi connectivity index (χ2n) is 5.47. The third-order valence-corrected chi connectivity index (χ3v) is 3.46. The number of ether oxygens (including phenoxy) is 1. The summed E-state index contributed by atoms with van der Waals surface area (Å²) < 4.78 is 10.0. The fraction of sp³-hybridized carbons (Fsp3) is 0.353. The van der Waals surface area contributed by atoms with Gasteiger partial charge in [-0.25, -0.2) is 0 Å². The highest BCUT2D eigenvalue weighted by molar-refractivity contribution is 5.93. The minimum absolute atomic E-state index is 0.0388. The van der Waals surface area contributed by atoms with E-state index in [-0.39, 0.29) is 18.4 Å².